The zero-order valence-electron chi connectivity index (χ0n) is 12.1. The molecule has 1 N–H and O–H groups in total. The Kier molecular flexibility index (Phi) is 5.41. The van der Waals surface area contributed by atoms with Crippen LogP contribution in [-0.4, -0.2) is 47.7 Å². The van der Waals surface area contributed by atoms with E-state index in [4.69, 9.17) is 4.74 Å². The number of carbonyl (C=O) groups is 1. The molecule has 1 aromatic rings. The Labute approximate surface area is 125 Å². The van der Waals surface area contributed by atoms with Crippen molar-refractivity contribution in [2.45, 2.75) is 31.2 Å². The number of aromatic nitrogens is 2. The van der Waals surface area contributed by atoms with Gasteiger partial charge in [-0.3, -0.25) is 9.48 Å². The van der Waals surface area contributed by atoms with Crippen LogP contribution >= 0.6 is 0 Å². The van der Waals surface area contributed by atoms with Crippen LogP contribution < -0.4 is 5.32 Å². The fourth-order valence-corrected chi connectivity index (χ4v) is 2.35. The minimum Gasteiger partial charge on any atom is -0.371 e. The van der Waals surface area contributed by atoms with Crippen molar-refractivity contribution >= 4 is 5.91 Å². The fraction of sp³-hybridized carbons (Fsp3) is 0.692. The number of aryl methyl sites for hydroxylation is 1. The zero-order valence-corrected chi connectivity index (χ0v) is 12.1. The summed E-state index contributed by atoms with van der Waals surface area (Å²) in [6, 6.07) is -0.306. The molecule has 124 valence electrons. The molecule has 0 radical (unpaired) electrons. The molecule has 9 heteroatoms. The van der Waals surface area contributed by atoms with E-state index < -0.39 is 25.3 Å². The maximum atomic E-state index is 12.0. The molecule has 2 heterocycles. The quantitative estimate of drug-likeness (QED) is 0.889. The molecule has 1 aliphatic heterocycles. The maximum Gasteiger partial charge on any atom is 0.411 e. The number of nitrogens with zero attached hydrogens (tertiary/aromatic N) is 2. The average Bonchev–Trinajstić information content (AvgIpc) is 2.84. The standard InChI is InChI=1S/C13H18F3N3O3/c1-19-6-9(5-17-19)12-10(3-2-4-22-12)18-11(20)7-21-8-13(14,15)16/h5-6,10,12H,2-4,7-8H2,1H3,(H,18,20)/t10-,12+/m0/s1. The second-order valence-electron chi connectivity index (χ2n) is 5.16. The van der Waals surface area contributed by atoms with Gasteiger partial charge in [0.25, 0.3) is 0 Å². The molecular weight excluding hydrogens is 303 g/mol. The van der Waals surface area contributed by atoms with E-state index in [0.717, 1.165) is 12.0 Å². The Bertz CT molecular complexity index is 504. The lowest BCUT2D eigenvalue weighted by Crippen LogP contribution is -2.44. The summed E-state index contributed by atoms with van der Waals surface area (Å²) in [4.78, 5) is 11.7. The number of ether oxygens (including phenoxy) is 2. The molecular formula is C13H18F3N3O3. The SMILES string of the molecule is Cn1cc([C@H]2OCCC[C@@H]2NC(=O)COCC(F)(F)F)cn1. The molecule has 0 bridgehead atoms. The second-order valence-corrected chi connectivity index (χ2v) is 5.16. The van der Waals surface area contributed by atoms with Gasteiger partial charge in [0.2, 0.25) is 5.91 Å². The van der Waals surface area contributed by atoms with Crippen molar-refractivity contribution in [2.24, 2.45) is 7.05 Å². The van der Waals surface area contributed by atoms with Gasteiger partial charge >= 0.3 is 6.18 Å². The molecule has 0 spiro atoms. The number of alkyl halides is 3. The highest BCUT2D eigenvalue weighted by Crippen LogP contribution is 2.28. The molecule has 1 fully saturated rings. The molecule has 2 atom stereocenters. The Morgan fingerprint density at radius 1 is 1.59 bits per heavy atom. The average molecular weight is 321 g/mol. The van der Waals surface area contributed by atoms with E-state index in [9.17, 15) is 18.0 Å². The van der Waals surface area contributed by atoms with Crippen LogP contribution in [0.15, 0.2) is 12.4 Å². The Balaban J connectivity index is 1.87. The molecule has 0 aromatic carbocycles. The molecule has 1 saturated heterocycles. The summed E-state index contributed by atoms with van der Waals surface area (Å²) in [5.41, 5.74) is 0.823. The van der Waals surface area contributed by atoms with E-state index in [0.29, 0.717) is 13.0 Å². The molecule has 1 aromatic heterocycles. The first-order valence-corrected chi connectivity index (χ1v) is 6.89. The van der Waals surface area contributed by atoms with Crippen LogP contribution in [0.2, 0.25) is 0 Å². The highest BCUT2D eigenvalue weighted by atomic mass is 19.4. The summed E-state index contributed by atoms with van der Waals surface area (Å²) in [5.74, 6) is -0.589. The molecule has 6 nitrogen and oxygen atoms in total. The normalized spacial score (nSPS) is 22.5. The second kappa shape index (κ2) is 7.10. The van der Waals surface area contributed by atoms with E-state index >= 15 is 0 Å². The first-order valence-electron chi connectivity index (χ1n) is 6.89. The summed E-state index contributed by atoms with van der Waals surface area (Å²) in [5, 5.41) is 6.73. The van der Waals surface area contributed by atoms with Gasteiger partial charge in [0.15, 0.2) is 0 Å². The van der Waals surface area contributed by atoms with Crippen LogP contribution in [0.1, 0.15) is 24.5 Å². The zero-order chi connectivity index (χ0) is 16.2. The maximum absolute atomic E-state index is 12.0. The van der Waals surface area contributed by atoms with Gasteiger partial charge in [-0.05, 0) is 12.8 Å². The third-order valence-electron chi connectivity index (χ3n) is 3.22. The third kappa shape index (κ3) is 4.99. The van der Waals surface area contributed by atoms with E-state index in [1.165, 1.54) is 0 Å². The van der Waals surface area contributed by atoms with Crippen LogP contribution in [0.25, 0.3) is 0 Å². The van der Waals surface area contributed by atoms with E-state index in [-0.39, 0.29) is 12.1 Å². The molecule has 0 saturated carbocycles. The van der Waals surface area contributed by atoms with Crippen LogP contribution in [0.3, 0.4) is 0 Å². The lowest BCUT2D eigenvalue weighted by Gasteiger charge is -2.31. The van der Waals surface area contributed by atoms with E-state index in [2.05, 4.69) is 15.2 Å². The minimum absolute atomic E-state index is 0.306. The summed E-state index contributed by atoms with van der Waals surface area (Å²) >= 11 is 0. The highest BCUT2D eigenvalue weighted by Gasteiger charge is 2.31. The van der Waals surface area contributed by atoms with Crippen molar-refractivity contribution in [1.82, 2.24) is 15.1 Å². The largest absolute Gasteiger partial charge is 0.411 e. The number of hydrogen-bond donors (Lipinski definition) is 1. The topological polar surface area (TPSA) is 65.4 Å². The van der Waals surface area contributed by atoms with Gasteiger partial charge in [-0.25, -0.2) is 0 Å². The number of halogens is 3. The number of amides is 1. The van der Waals surface area contributed by atoms with Crippen LogP contribution in [0, 0.1) is 0 Å². The van der Waals surface area contributed by atoms with Crippen LogP contribution in [0.4, 0.5) is 13.2 Å². The van der Waals surface area contributed by atoms with Gasteiger partial charge in [-0.1, -0.05) is 0 Å². The molecule has 22 heavy (non-hydrogen) atoms. The van der Waals surface area contributed by atoms with Crippen LogP contribution in [-0.2, 0) is 21.3 Å². The Morgan fingerprint density at radius 3 is 3.00 bits per heavy atom. The molecule has 1 aliphatic rings. The molecule has 0 unspecified atom stereocenters. The van der Waals surface area contributed by atoms with Gasteiger partial charge < -0.3 is 14.8 Å². The predicted molar refractivity (Wildman–Crippen MR) is 69.9 cm³/mol. The monoisotopic (exact) mass is 321 g/mol. The highest BCUT2D eigenvalue weighted by molar-refractivity contribution is 5.77. The first-order chi connectivity index (χ1) is 10.3. The van der Waals surface area contributed by atoms with Crippen molar-refractivity contribution in [3.05, 3.63) is 18.0 Å². The predicted octanol–water partition coefficient (Wildman–Crippen LogP) is 1.34. The Morgan fingerprint density at radius 2 is 2.36 bits per heavy atom. The van der Waals surface area contributed by atoms with Gasteiger partial charge in [0.1, 0.15) is 19.3 Å². The molecule has 1 amide bonds. The smallest absolute Gasteiger partial charge is 0.371 e. The number of rotatable bonds is 5. The van der Waals surface area contributed by atoms with Gasteiger partial charge in [-0.2, -0.15) is 18.3 Å². The number of nitrogens with one attached hydrogen (secondary N) is 1. The van der Waals surface area contributed by atoms with Crippen molar-refractivity contribution in [3.8, 4) is 0 Å². The van der Waals surface area contributed by atoms with Crippen molar-refractivity contribution in [1.29, 1.82) is 0 Å². The van der Waals surface area contributed by atoms with E-state index in [1.807, 2.05) is 0 Å². The minimum atomic E-state index is -4.44. The van der Waals surface area contributed by atoms with Crippen molar-refractivity contribution in [2.75, 3.05) is 19.8 Å². The van der Waals surface area contributed by atoms with Crippen LogP contribution in [0.5, 0.6) is 0 Å². The van der Waals surface area contributed by atoms with Gasteiger partial charge in [-0.15, -0.1) is 0 Å². The van der Waals surface area contributed by atoms with Gasteiger partial charge in [0, 0.05) is 25.4 Å². The number of hydrogen-bond acceptors (Lipinski definition) is 4. The molecule has 2 rings (SSSR count). The fourth-order valence-electron chi connectivity index (χ4n) is 2.35. The first kappa shape index (κ1) is 16.8. The van der Waals surface area contributed by atoms with Crippen molar-refractivity contribution < 1.29 is 27.4 Å². The van der Waals surface area contributed by atoms with E-state index in [1.54, 1.807) is 24.1 Å². The van der Waals surface area contributed by atoms with Crippen molar-refractivity contribution in [3.63, 3.8) is 0 Å². The Hall–Kier alpha value is -1.61. The summed E-state index contributed by atoms with van der Waals surface area (Å²) < 4.78 is 47.5. The summed E-state index contributed by atoms with van der Waals surface area (Å²) in [6.45, 7) is -1.50. The summed E-state index contributed by atoms with van der Waals surface area (Å²) in [7, 11) is 1.77. The molecule has 0 aliphatic carbocycles. The lowest BCUT2D eigenvalue weighted by atomic mass is 9.98. The third-order valence-corrected chi connectivity index (χ3v) is 3.22. The summed E-state index contributed by atoms with van der Waals surface area (Å²) in [6.07, 6.45) is 0.0984. The lowest BCUT2D eigenvalue weighted by molar-refractivity contribution is -0.176. The van der Waals surface area contributed by atoms with Gasteiger partial charge in [0.05, 0.1) is 12.2 Å². The number of carbonyl (C=O) groups excluding carboxylic acids is 1.